The maximum absolute atomic E-state index is 12.0. The number of likely N-dealkylation sites (N-methyl/N-ethyl adjacent to an activating group) is 1. The number of aliphatic hydroxyl groups excluding tert-OH is 1. The van der Waals surface area contributed by atoms with Gasteiger partial charge in [-0.1, -0.05) is 42.6 Å². The summed E-state index contributed by atoms with van der Waals surface area (Å²) >= 11 is 11.9. The van der Waals surface area contributed by atoms with Crippen LogP contribution in [0.2, 0.25) is 10.0 Å². The monoisotopic (exact) mass is 318 g/mol. The summed E-state index contributed by atoms with van der Waals surface area (Å²) in [5, 5.41) is 12.8. The van der Waals surface area contributed by atoms with Crippen molar-refractivity contribution in [3.8, 4) is 0 Å². The molecule has 0 aliphatic heterocycles. The molecule has 20 heavy (non-hydrogen) atoms. The quantitative estimate of drug-likeness (QED) is 0.843. The number of amides is 2. The van der Waals surface area contributed by atoms with Crippen molar-refractivity contribution in [2.75, 3.05) is 20.2 Å². The maximum atomic E-state index is 12.0. The lowest BCUT2D eigenvalue weighted by Crippen LogP contribution is -2.40. The van der Waals surface area contributed by atoms with Crippen LogP contribution in [0, 0.1) is 0 Å². The van der Waals surface area contributed by atoms with Crippen LogP contribution in [0.5, 0.6) is 0 Å². The molecule has 2 amide bonds. The number of hydrogen-bond acceptors (Lipinski definition) is 2. The summed E-state index contributed by atoms with van der Waals surface area (Å²) in [4.78, 5) is 13.4. The number of hydrogen-bond donors (Lipinski definition) is 2. The van der Waals surface area contributed by atoms with Gasteiger partial charge >= 0.3 is 6.03 Å². The van der Waals surface area contributed by atoms with E-state index in [1.807, 2.05) is 13.0 Å². The van der Waals surface area contributed by atoms with Gasteiger partial charge in [0.15, 0.2) is 0 Å². The second-order valence-electron chi connectivity index (χ2n) is 4.61. The predicted octanol–water partition coefficient (Wildman–Crippen LogP) is 3.47. The average molecular weight is 319 g/mol. The van der Waals surface area contributed by atoms with Crippen molar-refractivity contribution in [1.29, 1.82) is 0 Å². The molecule has 6 heteroatoms. The minimum atomic E-state index is -0.219. The first-order valence-corrected chi connectivity index (χ1v) is 7.32. The highest BCUT2D eigenvalue weighted by atomic mass is 35.5. The molecule has 1 unspecified atom stereocenters. The topological polar surface area (TPSA) is 52.6 Å². The third kappa shape index (κ3) is 4.85. The van der Waals surface area contributed by atoms with E-state index in [1.165, 1.54) is 4.90 Å². The van der Waals surface area contributed by atoms with E-state index in [4.69, 9.17) is 28.3 Å². The number of aliphatic hydroxyl groups is 1. The Morgan fingerprint density at radius 3 is 2.65 bits per heavy atom. The van der Waals surface area contributed by atoms with Crippen LogP contribution in [0.4, 0.5) is 4.79 Å². The molecular weight excluding hydrogens is 299 g/mol. The Kier molecular flexibility index (Phi) is 7.13. The van der Waals surface area contributed by atoms with E-state index >= 15 is 0 Å². The molecule has 0 spiro atoms. The molecule has 1 aromatic carbocycles. The van der Waals surface area contributed by atoms with Crippen molar-refractivity contribution in [2.24, 2.45) is 0 Å². The number of nitrogens with one attached hydrogen (secondary N) is 1. The van der Waals surface area contributed by atoms with E-state index in [0.717, 1.165) is 18.4 Å². The van der Waals surface area contributed by atoms with Gasteiger partial charge < -0.3 is 15.3 Å². The summed E-state index contributed by atoms with van der Waals surface area (Å²) in [6.07, 6.45) is 1.73. The number of carbonyl (C=O) groups excluding carboxylic acids is 1. The molecule has 0 radical (unpaired) electrons. The summed E-state index contributed by atoms with van der Waals surface area (Å²) < 4.78 is 0. The molecule has 0 saturated carbocycles. The molecule has 0 aromatic heterocycles. The Labute approximate surface area is 129 Å². The minimum absolute atomic E-state index is 0.0604. The van der Waals surface area contributed by atoms with E-state index in [9.17, 15) is 4.79 Å². The Bertz CT molecular complexity index is 455. The van der Waals surface area contributed by atoms with Crippen molar-refractivity contribution >= 4 is 29.2 Å². The van der Waals surface area contributed by atoms with E-state index < -0.39 is 0 Å². The Hall–Kier alpha value is -0.970. The second kappa shape index (κ2) is 8.35. The fourth-order valence-electron chi connectivity index (χ4n) is 1.85. The normalized spacial score (nSPS) is 12.1. The summed E-state index contributed by atoms with van der Waals surface area (Å²) in [6, 6.07) is 5.02. The van der Waals surface area contributed by atoms with Crippen LogP contribution in [-0.2, 0) is 0 Å². The van der Waals surface area contributed by atoms with Crippen molar-refractivity contribution in [1.82, 2.24) is 10.2 Å². The van der Waals surface area contributed by atoms with Gasteiger partial charge in [-0.25, -0.2) is 4.79 Å². The predicted molar refractivity (Wildman–Crippen MR) is 82.4 cm³/mol. The molecule has 0 bridgehead atoms. The van der Waals surface area contributed by atoms with Gasteiger partial charge in [0.05, 0.1) is 22.7 Å². The number of rotatable bonds is 6. The lowest BCUT2D eigenvalue weighted by atomic mass is 10.0. The van der Waals surface area contributed by atoms with Crippen molar-refractivity contribution in [3.05, 3.63) is 33.8 Å². The van der Waals surface area contributed by atoms with Crippen LogP contribution < -0.4 is 5.32 Å². The van der Waals surface area contributed by atoms with Crippen molar-refractivity contribution in [2.45, 2.75) is 25.8 Å². The highest BCUT2D eigenvalue weighted by Gasteiger charge is 2.17. The highest BCUT2D eigenvalue weighted by molar-refractivity contribution is 6.42. The van der Waals surface area contributed by atoms with Crippen LogP contribution in [0.25, 0.3) is 0 Å². The van der Waals surface area contributed by atoms with Crippen LogP contribution >= 0.6 is 23.2 Å². The molecule has 2 N–H and O–H groups in total. The fourth-order valence-corrected chi connectivity index (χ4v) is 2.16. The average Bonchev–Trinajstić information content (AvgIpc) is 2.41. The standard InChI is InChI=1S/C14H20Cl2N2O2/c1-3-4-13(17-14(20)18(2)7-8-19)10-5-6-11(15)12(16)9-10/h5-6,9,13,19H,3-4,7-8H2,1-2H3,(H,17,20). The molecule has 112 valence electrons. The van der Waals surface area contributed by atoms with Gasteiger partial charge in [-0.15, -0.1) is 0 Å². The van der Waals surface area contributed by atoms with Crippen LogP contribution in [0.15, 0.2) is 18.2 Å². The van der Waals surface area contributed by atoms with Gasteiger partial charge in [-0.2, -0.15) is 0 Å². The number of nitrogens with zero attached hydrogens (tertiary/aromatic N) is 1. The largest absolute Gasteiger partial charge is 0.395 e. The number of halogens is 2. The van der Waals surface area contributed by atoms with Gasteiger partial charge in [0.25, 0.3) is 0 Å². The Balaban J connectivity index is 2.82. The first-order chi connectivity index (χ1) is 9.49. The molecule has 1 rings (SSSR count). The molecule has 1 aromatic rings. The van der Waals surface area contributed by atoms with Crippen LogP contribution in [0.3, 0.4) is 0 Å². The number of carbonyl (C=O) groups is 1. The number of benzene rings is 1. The zero-order chi connectivity index (χ0) is 15.1. The Morgan fingerprint density at radius 2 is 2.10 bits per heavy atom. The van der Waals surface area contributed by atoms with Gasteiger partial charge in [0.2, 0.25) is 0 Å². The van der Waals surface area contributed by atoms with Gasteiger partial charge in [0.1, 0.15) is 0 Å². The lowest BCUT2D eigenvalue weighted by Gasteiger charge is -2.23. The van der Waals surface area contributed by atoms with Crippen molar-refractivity contribution < 1.29 is 9.90 Å². The molecular formula is C14H20Cl2N2O2. The number of urea groups is 1. The van der Waals surface area contributed by atoms with E-state index in [0.29, 0.717) is 16.6 Å². The molecule has 0 aliphatic carbocycles. The highest BCUT2D eigenvalue weighted by Crippen LogP contribution is 2.27. The van der Waals surface area contributed by atoms with Gasteiger partial charge in [-0.05, 0) is 24.1 Å². The Morgan fingerprint density at radius 1 is 1.40 bits per heavy atom. The molecule has 0 fully saturated rings. The van der Waals surface area contributed by atoms with E-state index in [2.05, 4.69) is 5.32 Å². The van der Waals surface area contributed by atoms with Gasteiger partial charge in [-0.3, -0.25) is 0 Å². The van der Waals surface area contributed by atoms with Crippen molar-refractivity contribution in [3.63, 3.8) is 0 Å². The van der Waals surface area contributed by atoms with Crippen LogP contribution in [0.1, 0.15) is 31.4 Å². The summed E-state index contributed by atoms with van der Waals surface area (Å²) in [5.74, 6) is 0. The first kappa shape index (κ1) is 17.1. The van der Waals surface area contributed by atoms with E-state index in [-0.39, 0.29) is 18.7 Å². The zero-order valence-electron chi connectivity index (χ0n) is 11.7. The van der Waals surface area contributed by atoms with Crippen LogP contribution in [-0.4, -0.2) is 36.2 Å². The van der Waals surface area contributed by atoms with E-state index in [1.54, 1.807) is 19.2 Å². The molecule has 0 heterocycles. The SMILES string of the molecule is CCCC(NC(=O)N(C)CCO)c1ccc(Cl)c(Cl)c1. The lowest BCUT2D eigenvalue weighted by molar-refractivity contribution is 0.186. The molecule has 0 saturated heterocycles. The zero-order valence-corrected chi connectivity index (χ0v) is 13.2. The van der Waals surface area contributed by atoms with Gasteiger partial charge in [0, 0.05) is 13.6 Å². The smallest absolute Gasteiger partial charge is 0.317 e. The second-order valence-corrected chi connectivity index (χ2v) is 5.42. The molecule has 4 nitrogen and oxygen atoms in total. The first-order valence-electron chi connectivity index (χ1n) is 6.57. The summed E-state index contributed by atoms with van der Waals surface area (Å²) in [7, 11) is 1.64. The molecule has 0 aliphatic rings. The maximum Gasteiger partial charge on any atom is 0.317 e. The minimum Gasteiger partial charge on any atom is -0.395 e. The fraction of sp³-hybridized carbons (Fsp3) is 0.500. The third-order valence-electron chi connectivity index (χ3n) is 3.00. The summed E-state index contributed by atoms with van der Waals surface area (Å²) in [6.45, 7) is 2.29. The summed E-state index contributed by atoms with van der Waals surface area (Å²) in [5.41, 5.74) is 0.923. The third-order valence-corrected chi connectivity index (χ3v) is 3.74. The molecule has 1 atom stereocenters.